The molecule has 0 unspecified atom stereocenters. The summed E-state index contributed by atoms with van der Waals surface area (Å²) in [5, 5.41) is 12.6. The molecular weight excluding hydrogens is 352 g/mol. The van der Waals surface area contributed by atoms with Crippen LogP contribution in [0.3, 0.4) is 0 Å². The Balaban J connectivity index is 1.69. The fourth-order valence-electron chi connectivity index (χ4n) is 1.86. The normalized spacial score (nSPS) is 10.6. The van der Waals surface area contributed by atoms with Gasteiger partial charge in [0.25, 0.3) is 0 Å². The highest BCUT2D eigenvalue weighted by Crippen LogP contribution is 2.25. The van der Waals surface area contributed by atoms with Crippen molar-refractivity contribution in [1.29, 1.82) is 0 Å². The van der Waals surface area contributed by atoms with E-state index >= 15 is 0 Å². The SMILES string of the molecule is Clc1cc(NCc2cnn(-c3ccccc3)n2)ccc1Br. The van der Waals surface area contributed by atoms with Gasteiger partial charge in [0.15, 0.2) is 0 Å². The first-order valence-corrected chi connectivity index (χ1v) is 7.55. The second-order valence-electron chi connectivity index (χ2n) is 4.44. The molecule has 2 aromatic carbocycles. The Morgan fingerprint density at radius 1 is 1.14 bits per heavy atom. The van der Waals surface area contributed by atoms with E-state index in [1.54, 1.807) is 11.0 Å². The fraction of sp³-hybridized carbons (Fsp3) is 0.0667. The zero-order valence-corrected chi connectivity index (χ0v) is 13.3. The third kappa shape index (κ3) is 3.43. The Bertz CT molecular complexity index is 742. The number of hydrogen-bond acceptors (Lipinski definition) is 3. The summed E-state index contributed by atoms with van der Waals surface area (Å²) in [6.07, 6.45) is 1.75. The molecular formula is C15H12BrClN4. The lowest BCUT2D eigenvalue weighted by atomic mass is 10.3. The van der Waals surface area contributed by atoms with Gasteiger partial charge in [-0.25, -0.2) is 0 Å². The molecule has 1 N–H and O–H groups in total. The van der Waals surface area contributed by atoms with E-state index in [0.29, 0.717) is 11.6 Å². The lowest BCUT2D eigenvalue weighted by Gasteiger charge is -2.05. The number of hydrogen-bond donors (Lipinski definition) is 1. The molecule has 0 bridgehead atoms. The molecule has 0 aliphatic rings. The van der Waals surface area contributed by atoms with Crippen LogP contribution in [0.15, 0.2) is 59.2 Å². The Kier molecular flexibility index (Phi) is 4.22. The summed E-state index contributed by atoms with van der Waals surface area (Å²) in [6.45, 7) is 0.588. The summed E-state index contributed by atoms with van der Waals surface area (Å²) in [7, 11) is 0. The third-order valence-corrected chi connectivity index (χ3v) is 4.15. The van der Waals surface area contributed by atoms with Crippen LogP contribution < -0.4 is 5.32 Å². The molecule has 3 rings (SSSR count). The highest BCUT2D eigenvalue weighted by Gasteiger charge is 2.03. The molecule has 0 saturated heterocycles. The zero-order valence-electron chi connectivity index (χ0n) is 11.0. The van der Waals surface area contributed by atoms with Gasteiger partial charge in [-0.1, -0.05) is 29.8 Å². The number of halogens is 2. The fourth-order valence-corrected chi connectivity index (χ4v) is 2.29. The number of anilines is 1. The maximum Gasteiger partial charge on any atom is 0.102 e. The molecule has 1 aromatic heterocycles. The minimum atomic E-state index is 0.588. The Morgan fingerprint density at radius 2 is 1.95 bits per heavy atom. The monoisotopic (exact) mass is 362 g/mol. The molecule has 4 nitrogen and oxygen atoms in total. The summed E-state index contributed by atoms with van der Waals surface area (Å²) < 4.78 is 0.879. The minimum absolute atomic E-state index is 0.588. The van der Waals surface area contributed by atoms with Crippen molar-refractivity contribution in [3.05, 3.63) is 69.9 Å². The summed E-state index contributed by atoms with van der Waals surface area (Å²) >= 11 is 9.43. The van der Waals surface area contributed by atoms with Crippen molar-refractivity contribution < 1.29 is 0 Å². The maximum absolute atomic E-state index is 6.06. The Morgan fingerprint density at radius 3 is 2.71 bits per heavy atom. The van der Waals surface area contributed by atoms with Crippen LogP contribution >= 0.6 is 27.5 Å². The van der Waals surface area contributed by atoms with Gasteiger partial charge in [-0.2, -0.15) is 15.0 Å². The average Bonchev–Trinajstić information content (AvgIpc) is 2.98. The molecule has 0 spiro atoms. The van der Waals surface area contributed by atoms with E-state index < -0.39 is 0 Å². The van der Waals surface area contributed by atoms with Gasteiger partial charge in [0, 0.05) is 10.2 Å². The van der Waals surface area contributed by atoms with Crippen LogP contribution in [0.5, 0.6) is 0 Å². The highest BCUT2D eigenvalue weighted by molar-refractivity contribution is 9.10. The van der Waals surface area contributed by atoms with Crippen molar-refractivity contribution in [1.82, 2.24) is 15.0 Å². The van der Waals surface area contributed by atoms with Crippen LogP contribution in [-0.4, -0.2) is 15.0 Å². The van der Waals surface area contributed by atoms with E-state index in [1.807, 2.05) is 48.5 Å². The number of benzene rings is 2. The van der Waals surface area contributed by atoms with Crippen molar-refractivity contribution in [2.24, 2.45) is 0 Å². The molecule has 0 aliphatic carbocycles. The van der Waals surface area contributed by atoms with Crippen molar-refractivity contribution >= 4 is 33.2 Å². The third-order valence-electron chi connectivity index (χ3n) is 2.92. The van der Waals surface area contributed by atoms with Crippen LogP contribution in [-0.2, 0) is 6.54 Å². The van der Waals surface area contributed by atoms with E-state index in [4.69, 9.17) is 11.6 Å². The van der Waals surface area contributed by atoms with Crippen LogP contribution in [0.1, 0.15) is 5.69 Å². The maximum atomic E-state index is 6.06. The standard InChI is InChI=1S/C15H12BrClN4/c16-14-7-6-11(8-15(14)17)18-9-12-10-19-21(20-12)13-4-2-1-3-5-13/h1-8,10,18H,9H2. The number of aromatic nitrogens is 3. The van der Waals surface area contributed by atoms with Gasteiger partial charge in [0.1, 0.15) is 5.69 Å². The van der Waals surface area contributed by atoms with Gasteiger partial charge in [-0.05, 0) is 46.3 Å². The van der Waals surface area contributed by atoms with Crippen LogP contribution in [0.25, 0.3) is 5.69 Å². The molecule has 1 heterocycles. The van der Waals surface area contributed by atoms with E-state index in [2.05, 4.69) is 31.4 Å². The lowest BCUT2D eigenvalue weighted by Crippen LogP contribution is -2.02. The molecule has 0 atom stereocenters. The molecule has 6 heteroatoms. The second kappa shape index (κ2) is 6.28. The quantitative estimate of drug-likeness (QED) is 0.751. The van der Waals surface area contributed by atoms with Gasteiger partial charge in [-0.15, -0.1) is 0 Å². The van der Waals surface area contributed by atoms with Gasteiger partial charge in [-0.3, -0.25) is 0 Å². The Hall–Kier alpha value is -1.85. The first-order chi connectivity index (χ1) is 10.2. The van der Waals surface area contributed by atoms with Crippen molar-refractivity contribution in [3.8, 4) is 5.69 Å². The van der Waals surface area contributed by atoms with Crippen molar-refractivity contribution in [3.63, 3.8) is 0 Å². The van der Waals surface area contributed by atoms with Gasteiger partial charge >= 0.3 is 0 Å². The molecule has 0 fully saturated rings. The molecule has 21 heavy (non-hydrogen) atoms. The predicted octanol–water partition coefficient (Wildman–Crippen LogP) is 4.30. The lowest BCUT2D eigenvalue weighted by molar-refractivity contribution is 0.740. The number of nitrogens with zero attached hydrogens (tertiary/aromatic N) is 3. The molecule has 0 amide bonds. The van der Waals surface area contributed by atoms with Crippen LogP contribution in [0, 0.1) is 0 Å². The van der Waals surface area contributed by atoms with E-state index in [9.17, 15) is 0 Å². The van der Waals surface area contributed by atoms with Crippen LogP contribution in [0.4, 0.5) is 5.69 Å². The molecule has 3 aromatic rings. The van der Waals surface area contributed by atoms with Crippen molar-refractivity contribution in [2.45, 2.75) is 6.54 Å². The van der Waals surface area contributed by atoms with Gasteiger partial charge in [0.2, 0.25) is 0 Å². The number of nitrogens with one attached hydrogen (secondary N) is 1. The summed E-state index contributed by atoms with van der Waals surface area (Å²) in [5.41, 5.74) is 2.74. The van der Waals surface area contributed by atoms with Gasteiger partial charge in [0.05, 0.1) is 23.5 Å². The first kappa shape index (κ1) is 14.1. The number of rotatable bonds is 4. The zero-order chi connectivity index (χ0) is 14.7. The topological polar surface area (TPSA) is 42.7 Å². The summed E-state index contributed by atoms with van der Waals surface area (Å²) in [4.78, 5) is 1.62. The largest absolute Gasteiger partial charge is 0.379 e. The summed E-state index contributed by atoms with van der Waals surface area (Å²) in [6, 6.07) is 15.5. The second-order valence-corrected chi connectivity index (χ2v) is 5.70. The molecule has 0 radical (unpaired) electrons. The average molecular weight is 364 g/mol. The van der Waals surface area contributed by atoms with E-state index in [-0.39, 0.29) is 0 Å². The number of para-hydroxylation sites is 1. The molecule has 106 valence electrons. The Labute approximate surface area is 135 Å². The minimum Gasteiger partial charge on any atom is -0.379 e. The molecule has 0 aliphatic heterocycles. The van der Waals surface area contributed by atoms with E-state index in [0.717, 1.165) is 21.5 Å². The summed E-state index contributed by atoms with van der Waals surface area (Å²) in [5.74, 6) is 0. The predicted molar refractivity (Wildman–Crippen MR) is 87.8 cm³/mol. The first-order valence-electron chi connectivity index (χ1n) is 6.38. The van der Waals surface area contributed by atoms with Crippen molar-refractivity contribution in [2.75, 3.05) is 5.32 Å². The van der Waals surface area contributed by atoms with Gasteiger partial charge < -0.3 is 5.32 Å². The van der Waals surface area contributed by atoms with Crippen LogP contribution in [0.2, 0.25) is 5.02 Å². The molecule has 0 saturated carbocycles. The smallest absolute Gasteiger partial charge is 0.102 e. The van der Waals surface area contributed by atoms with E-state index in [1.165, 1.54) is 0 Å². The highest BCUT2D eigenvalue weighted by atomic mass is 79.9.